The molecule has 0 atom stereocenters. The molecule has 0 aromatic heterocycles. The second-order valence-electron chi connectivity index (χ2n) is 13.3. The van der Waals surface area contributed by atoms with E-state index in [1.807, 2.05) is 0 Å². The van der Waals surface area contributed by atoms with Gasteiger partial charge in [0.25, 0.3) is 0 Å². The molecular formula is C44H46NO2+. The molecule has 1 aliphatic rings. The van der Waals surface area contributed by atoms with Crippen LogP contribution < -0.4 is 9.47 Å². The van der Waals surface area contributed by atoms with Gasteiger partial charge in [-0.15, -0.1) is 0 Å². The molecule has 0 radical (unpaired) electrons. The fourth-order valence-corrected chi connectivity index (χ4v) is 7.88. The summed E-state index contributed by atoms with van der Waals surface area (Å²) >= 11 is 0. The van der Waals surface area contributed by atoms with Crippen LogP contribution in [-0.2, 0) is 13.1 Å². The Morgan fingerprint density at radius 3 is 1.32 bits per heavy atom. The Bertz CT molecular complexity index is 1880. The Balaban J connectivity index is 1.64. The Morgan fingerprint density at radius 1 is 0.532 bits per heavy atom. The van der Waals surface area contributed by atoms with Crippen molar-refractivity contribution in [2.24, 2.45) is 0 Å². The highest BCUT2D eigenvalue weighted by atomic mass is 16.5. The molecule has 0 saturated carbocycles. The average molecular weight is 621 g/mol. The van der Waals surface area contributed by atoms with Crippen LogP contribution in [0.4, 0.5) is 0 Å². The predicted octanol–water partition coefficient (Wildman–Crippen LogP) is 11.4. The van der Waals surface area contributed by atoms with Crippen molar-refractivity contribution >= 4 is 21.5 Å². The topological polar surface area (TPSA) is 18.5 Å². The first-order chi connectivity index (χ1) is 23.1. The first-order valence-corrected chi connectivity index (χ1v) is 17.3. The number of quaternary nitrogens is 1. The molecule has 6 aromatic carbocycles. The molecule has 7 rings (SSSR count). The van der Waals surface area contributed by atoms with Crippen molar-refractivity contribution < 1.29 is 14.0 Å². The van der Waals surface area contributed by atoms with Crippen LogP contribution in [0.25, 0.3) is 54.9 Å². The minimum Gasteiger partial charge on any atom is -0.497 e. The zero-order chi connectivity index (χ0) is 32.4. The van der Waals surface area contributed by atoms with Gasteiger partial charge in [0, 0.05) is 22.3 Å². The highest BCUT2D eigenvalue weighted by Gasteiger charge is 2.37. The van der Waals surface area contributed by atoms with Crippen LogP contribution >= 0.6 is 0 Å². The molecule has 3 nitrogen and oxygen atoms in total. The lowest BCUT2D eigenvalue weighted by atomic mass is 9.82. The van der Waals surface area contributed by atoms with Crippen molar-refractivity contribution in [2.45, 2.75) is 52.6 Å². The molecule has 3 heteroatoms. The number of nitrogens with zero attached hydrogens (tertiary/aromatic N) is 1. The SMILES string of the molecule is CCCC[N+]1(CCCC)Cc2c(-c3ccc(OC)cc3)cc3ccccc3c2-c2c(c(-c3ccc(OC)cc3)cc3ccccc23)C1. The normalized spacial score (nSPS) is 13.6. The monoisotopic (exact) mass is 620 g/mol. The minimum absolute atomic E-state index is 0.886. The van der Waals surface area contributed by atoms with Gasteiger partial charge < -0.3 is 14.0 Å². The van der Waals surface area contributed by atoms with Crippen LogP contribution in [-0.4, -0.2) is 31.8 Å². The van der Waals surface area contributed by atoms with Crippen molar-refractivity contribution in [3.8, 4) is 44.9 Å². The van der Waals surface area contributed by atoms with E-state index in [1.165, 1.54) is 105 Å². The first kappa shape index (κ1) is 31.0. The molecule has 1 heterocycles. The van der Waals surface area contributed by atoms with E-state index in [0.29, 0.717) is 0 Å². The average Bonchev–Trinajstić information content (AvgIpc) is 3.28. The van der Waals surface area contributed by atoms with Crippen LogP contribution in [0.1, 0.15) is 50.7 Å². The van der Waals surface area contributed by atoms with E-state index in [9.17, 15) is 0 Å². The molecule has 1 aliphatic heterocycles. The van der Waals surface area contributed by atoms with Crippen molar-refractivity contribution in [3.63, 3.8) is 0 Å². The van der Waals surface area contributed by atoms with Gasteiger partial charge >= 0.3 is 0 Å². The summed E-state index contributed by atoms with van der Waals surface area (Å²) in [5.41, 5.74) is 10.9. The van der Waals surface area contributed by atoms with Gasteiger partial charge in [-0.25, -0.2) is 0 Å². The molecule has 0 aliphatic carbocycles. The number of methoxy groups -OCH3 is 2. The molecule has 47 heavy (non-hydrogen) atoms. The fraction of sp³-hybridized carbons (Fsp3) is 0.273. The van der Waals surface area contributed by atoms with Gasteiger partial charge in [-0.2, -0.15) is 0 Å². The number of fused-ring (bicyclic) bond motifs is 7. The van der Waals surface area contributed by atoms with Crippen LogP contribution in [0.15, 0.2) is 109 Å². The maximum Gasteiger partial charge on any atom is 0.118 e. The summed E-state index contributed by atoms with van der Waals surface area (Å²) in [5.74, 6) is 1.77. The zero-order valence-corrected chi connectivity index (χ0v) is 28.3. The van der Waals surface area contributed by atoms with Crippen molar-refractivity contribution in [1.29, 1.82) is 0 Å². The second kappa shape index (κ2) is 13.3. The van der Waals surface area contributed by atoms with Crippen molar-refractivity contribution in [3.05, 3.63) is 120 Å². The number of rotatable bonds is 10. The molecule has 0 amide bonds. The van der Waals surface area contributed by atoms with E-state index in [4.69, 9.17) is 9.47 Å². The zero-order valence-electron chi connectivity index (χ0n) is 28.3. The number of unbranched alkanes of at least 4 members (excludes halogenated alkanes) is 2. The third-order valence-corrected chi connectivity index (χ3v) is 10.3. The number of hydrogen-bond donors (Lipinski definition) is 0. The van der Waals surface area contributed by atoms with E-state index < -0.39 is 0 Å². The summed E-state index contributed by atoms with van der Waals surface area (Å²) in [6, 6.07) is 40.4. The lowest BCUT2D eigenvalue weighted by Crippen LogP contribution is -2.47. The second-order valence-corrected chi connectivity index (χ2v) is 13.3. The largest absolute Gasteiger partial charge is 0.497 e. The summed E-state index contributed by atoms with van der Waals surface area (Å²) in [5, 5.41) is 5.24. The number of hydrogen-bond acceptors (Lipinski definition) is 2. The Morgan fingerprint density at radius 2 is 0.936 bits per heavy atom. The summed E-state index contributed by atoms with van der Waals surface area (Å²) in [6.07, 6.45) is 4.81. The van der Waals surface area contributed by atoms with Gasteiger partial charge in [-0.1, -0.05) is 99.5 Å². The standard InChI is InChI=1S/C44H46NO2/c1-5-7-25-45(26-8-6-2)29-41-39(31-17-21-35(46-3)22-18-31)27-33-13-9-11-15-37(33)43(41)44-38-16-12-10-14-34(38)28-40(42(44)30-45)32-19-23-36(47-4)24-20-32/h9-24,27-28H,5-8,25-26,29-30H2,1-4H3/q+1. The van der Waals surface area contributed by atoms with Gasteiger partial charge in [-0.3, -0.25) is 0 Å². The number of benzene rings is 6. The van der Waals surface area contributed by atoms with Gasteiger partial charge in [-0.05, 0) is 93.0 Å². The van der Waals surface area contributed by atoms with Crippen LogP contribution in [0.3, 0.4) is 0 Å². The molecule has 6 aromatic rings. The van der Waals surface area contributed by atoms with Gasteiger partial charge in [0.1, 0.15) is 24.6 Å². The van der Waals surface area contributed by atoms with E-state index in [1.54, 1.807) is 14.2 Å². The maximum atomic E-state index is 5.58. The molecule has 0 spiro atoms. The fourth-order valence-electron chi connectivity index (χ4n) is 7.88. The van der Waals surface area contributed by atoms with E-state index in [0.717, 1.165) is 29.1 Å². The summed E-state index contributed by atoms with van der Waals surface area (Å²) in [6.45, 7) is 9.02. The van der Waals surface area contributed by atoms with Crippen molar-refractivity contribution in [1.82, 2.24) is 0 Å². The quantitative estimate of drug-likeness (QED) is 0.142. The smallest absolute Gasteiger partial charge is 0.118 e. The van der Waals surface area contributed by atoms with Gasteiger partial charge in [0.05, 0.1) is 27.3 Å². The van der Waals surface area contributed by atoms with Gasteiger partial charge in [0.15, 0.2) is 0 Å². The summed E-state index contributed by atoms with van der Waals surface area (Å²) in [7, 11) is 3.49. The Kier molecular flexibility index (Phi) is 8.75. The third kappa shape index (κ3) is 5.79. The molecular weight excluding hydrogens is 574 g/mol. The minimum atomic E-state index is 0.886. The van der Waals surface area contributed by atoms with Crippen LogP contribution in [0.2, 0.25) is 0 Å². The molecule has 0 N–H and O–H groups in total. The summed E-state index contributed by atoms with van der Waals surface area (Å²) in [4.78, 5) is 0. The highest BCUT2D eigenvalue weighted by Crippen LogP contribution is 2.50. The van der Waals surface area contributed by atoms with E-state index in [2.05, 4.69) is 123 Å². The predicted molar refractivity (Wildman–Crippen MR) is 198 cm³/mol. The lowest BCUT2D eigenvalue weighted by molar-refractivity contribution is -0.953. The van der Waals surface area contributed by atoms with Gasteiger partial charge in [0.2, 0.25) is 0 Å². The maximum absolute atomic E-state index is 5.58. The molecule has 0 saturated heterocycles. The highest BCUT2D eigenvalue weighted by molar-refractivity contribution is 6.12. The lowest BCUT2D eigenvalue weighted by Gasteiger charge is -2.39. The third-order valence-electron chi connectivity index (χ3n) is 10.3. The van der Waals surface area contributed by atoms with Crippen molar-refractivity contribution in [2.75, 3.05) is 27.3 Å². The first-order valence-electron chi connectivity index (χ1n) is 17.3. The van der Waals surface area contributed by atoms with E-state index >= 15 is 0 Å². The van der Waals surface area contributed by atoms with Crippen LogP contribution in [0.5, 0.6) is 11.5 Å². The van der Waals surface area contributed by atoms with Crippen LogP contribution in [0, 0.1) is 0 Å². The molecule has 238 valence electrons. The summed E-state index contributed by atoms with van der Waals surface area (Å²) < 4.78 is 12.2. The molecule has 0 unspecified atom stereocenters. The van der Waals surface area contributed by atoms with E-state index in [-0.39, 0.29) is 0 Å². The Hall–Kier alpha value is -4.60. The molecule has 0 fully saturated rings. The number of ether oxygens (including phenoxy) is 2. The Labute approximate surface area is 280 Å². The molecule has 0 bridgehead atoms.